The van der Waals surface area contributed by atoms with E-state index >= 15 is 0 Å². The van der Waals surface area contributed by atoms with Gasteiger partial charge in [-0.3, -0.25) is 4.79 Å². The van der Waals surface area contributed by atoms with Gasteiger partial charge in [0.05, 0.1) is 12.8 Å². The summed E-state index contributed by atoms with van der Waals surface area (Å²) in [7, 11) is 1.33. The van der Waals surface area contributed by atoms with Gasteiger partial charge in [-0.1, -0.05) is 43.7 Å². The topological polar surface area (TPSA) is 94.3 Å². The van der Waals surface area contributed by atoms with E-state index in [1.54, 1.807) is 0 Å². The number of benzene rings is 1. The van der Waals surface area contributed by atoms with Crippen molar-refractivity contribution in [2.75, 3.05) is 18.2 Å². The Kier molecular flexibility index (Phi) is 5.99. The lowest BCUT2D eigenvalue weighted by Gasteiger charge is -2.08. The van der Waals surface area contributed by atoms with Crippen molar-refractivity contribution in [3.05, 3.63) is 63.5 Å². The smallest absolute Gasteiger partial charge is 0.341 e. The van der Waals surface area contributed by atoms with Crippen LogP contribution in [0.4, 0.5) is 10.7 Å². The Morgan fingerprint density at radius 1 is 1.12 bits per heavy atom. The standard InChI is InChI=1S/C24H23N3O3S2/c1-12(2)17-10-9-15-19(25)20(32-22(15)26-17)21(28)27-23-18(24(29)30-4)16(11-31-23)14-7-5-13(3)6-8-14/h5-12H,25H2,1-4H3,(H,27,28). The van der Waals surface area contributed by atoms with Crippen LogP contribution in [0.15, 0.2) is 41.8 Å². The van der Waals surface area contributed by atoms with Crippen molar-refractivity contribution in [2.24, 2.45) is 0 Å². The van der Waals surface area contributed by atoms with Crippen LogP contribution in [0, 0.1) is 6.92 Å². The Balaban J connectivity index is 1.71. The SMILES string of the molecule is COC(=O)c1c(-c2ccc(C)cc2)csc1NC(=O)c1sc2nc(C(C)C)ccc2c1N. The zero-order chi connectivity index (χ0) is 23.0. The average molecular weight is 466 g/mol. The second kappa shape index (κ2) is 8.72. The number of ether oxygens (including phenoxy) is 1. The predicted molar refractivity (Wildman–Crippen MR) is 132 cm³/mol. The van der Waals surface area contributed by atoms with Crippen LogP contribution in [-0.4, -0.2) is 24.0 Å². The molecular formula is C24H23N3O3S2. The highest BCUT2D eigenvalue weighted by Gasteiger charge is 2.25. The van der Waals surface area contributed by atoms with Crippen molar-refractivity contribution in [3.63, 3.8) is 0 Å². The van der Waals surface area contributed by atoms with Gasteiger partial charge in [0.25, 0.3) is 5.91 Å². The number of esters is 1. The van der Waals surface area contributed by atoms with Gasteiger partial charge in [0, 0.05) is 22.0 Å². The van der Waals surface area contributed by atoms with Gasteiger partial charge in [-0.05, 0) is 30.5 Å². The van der Waals surface area contributed by atoms with Crippen molar-refractivity contribution in [2.45, 2.75) is 26.7 Å². The first kappa shape index (κ1) is 22.0. The van der Waals surface area contributed by atoms with Crippen molar-refractivity contribution in [3.8, 4) is 11.1 Å². The van der Waals surface area contributed by atoms with Gasteiger partial charge in [-0.15, -0.1) is 22.7 Å². The molecule has 6 nitrogen and oxygen atoms in total. The van der Waals surface area contributed by atoms with Gasteiger partial charge in [0.15, 0.2) is 0 Å². The Bertz CT molecular complexity index is 1320. The number of carbonyl (C=O) groups is 2. The summed E-state index contributed by atoms with van der Waals surface area (Å²) in [5.74, 6) is -0.613. The molecule has 0 fully saturated rings. The van der Waals surface area contributed by atoms with Crippen molar-refractivity contribution < 1.29 is 14.3 Å². The summed E-state index contributed by atoms with van der Waals surface area (Å²) in [4.78, 5) is 31.4. The molecule has 0 bridgehead atoms. The maximum atomic E-state index is 13.1. The Morgan fingerprint density at radius 3 is 2.50 bits per heavy atom. The third kappa shape index (κ3) is 3.99. The maximum Gasteiger partial charge on any atom is 0.341 e. The summed E-state index contributed by atoms with van der Waals surface area (Å²) in [5, 5.41) is 5.88. The molecule has 8 heteroatoms. The number of nitrogens with one attached hydrogen (secondary N) is 1. The number of aryl methyl sites for hydroxylation is 1. The fourth-order valence-corrected chi connectivity index (χ4v) is 5.31. The molecule has 0 atom stereocenters. The Hall–Kier alpha value is -3.23. The van der Waals surface area contributed by atoms with E-state index in [0.717, 1.165) is 27.0 Å². The fourth-order valence-electron chi connectivity index (χ4n) is 3.36. The van der Waals surface area contributed by atoms with Crippen LogP contribution in [0.5, 0.6) is 0 Å². The number of thiophene rings is 2. The van der Waals surface area contributed by atoms with E-state index < -0.39 is 5.97 Å². The molecule has 0 radical (unpaired) electrons. The molecule has 0 saturated heterocycles. The number of nitrogens with two attached hydrogens (primary N) is 1. The number of hydrogen-bond acceptors (Lipinski definition) is 7. The lowest BCUT2D eigenvalue weighted by atomic mass is 10.0. The fraction of sp³-hybridized carbons (Fsp3) is 0.208. The largest absolute Gasteiger partial charge is 0.465 e. The zero-order valence-electron chi connectivity index (χ0n) is 18.2. The van der Waals surface area contributed by atoms with E-state index in [4.69, 9.17) is 10.5 Å². The minimum absolute atomic E-state index is 0.272. The van der Waals surface area contributed by atoms with Gasteiger partial charge < -0.3 is 15.8 Å². The van der Waals surface area contributed by atoms with Crippen LogP contribution in [0.1, 0.15) is 51.1 Å². The average Bonchev–Trinajstić information content (AvgIpc) is 3.34. The molecule has 3 N–H and O–H groups in total. The summed E-state index contributed by atoms with van der Waals surface area (Å²) in [6.45, 7) is 6.13. The molecule has 4 rings (SSSR count). The van der Waals surface area contributed by atoms with E-state index in [1.165, 1.54) is 29.8 Å². The molecule has 0 spiro atoms. The van der Waals surface area contributed by atoms with Gasteiger partial charge in [0.1, 0.15) is 20.3 Å². The van der Waals surface area contributed by atoms with E-state index in [2.05, 4.69) is 24.1 Å². The molecule has 0 aliphatic heterocycles. The lowest BCUT2D eigenvalue weighted by Crippen LogP contribution is -2.14. The molecule has 0 unspecified atom stereocenters. The second-order valence-electron chi connectivity index (χ2n) is 7.75. The molecule has 1 amide bonds. The number of aromatic nitrogens is 1. The summed E-state index contributed by atoms with van der Waals surface area (Å²) in [6, 6.07) is 11.7. The van der Waals surface area contributed by atoms with Gasteiger partial charge in [-0.2, -0.15) is 0 Å². The van der Waals surface area contributed by atoms with E-state index in [9.17, 15) is 9.59 Å². The van der Waals surface area contributed by atoms with Gasteiger partial charge >= 0.3 is 5.97 Å². The summed E-state index contributed by atoms with van der Waals surface area (Å²) >= 11 is 2.52. The quantitative estimate of drug-likeness (QED) is 0.349. The van der Waals surface area contributed by atoms with Crippen LogP contribution < -0.4 is 11.1 Å². The van der Waals surface area contributed by atoms with Crippen molar-refractivity contribution >= 4 is 55.5 Å². The minimum Gasteiger partial charge on any atom is -0.465 e. The Labute approximate surface area is 194 Å². The van der Waals surface area contributed by atoms with E-state index in [-0.39, 0.29) is 11.8 Å². The summed E-state index contributed by atoms with van der Waals surface area (Å²) in [6.07, 6.45) is 0. The highest BCUT2D eigenvalue weighted by Crippen LogP contribution is 2.38. The number of methoxy groups -OCH3 is 1. The predicted octanol–water partition coefficient (Wildman–Crippen LogP) is 6.08. The molecule has 4 aromatic rings. The van der Waals surface area contributed by atoms with Crippen LogP contribution >= 0.6 is 22.7 Å². The highest BCUT2D eigenvalue weighted by atomic mass is 32.1. The van der Waals surface area contributed by atoms with Gasteiger partial charge in [-0.25, -0.2) is 9.78 Å². The van der Waals surface area contributed by atoms with E-state index in [1.807, 2.05) is 48.7 Å². The molecule has 0 aliphatic carbocycles. The van der Waals surface area contributed by atoms with Gasteiger partial charge in [0.2, 0.25) is 0 Å². The third-order valence-corrected chi connectivity index (χ3v) is 7.19. The van der Waals surface area contributed by atoms with Crippen molar-refractivity contribution in [1.82, 2.24) is 4.98 Å². The van der Waals surface area contributed by atoms with E-state index in [0.29, 0.717) is 26.7 Å². The molecule has 164 valence electrons. The number of nitrogen functional groups attached to an aromatic ring is 1. The number of pyridine rings is 1. The number of anilines is 2. The first-order valence-electron chi connectivity index (χ1n) is 10.1. The molecule has 0 aliphatic rings. The second-order valence-corrected chi connectivity index (χ2v) is 9.63. The number of rotatable bonds is 5. The third-order valence-electron chi connectivity index (χ3n) is 5.18. The monoisotopic (exact) mass is 465 g/mol. The molecular weight excluding hydrogens is 442 g/mol. The molecule has 0 saturated carbocycles. The van der Waals surface area contributed by atoms with Crippen LogP contribution in [0.2, 0.25) is 0 Å². The first-order valence-corrected chi connectivity index (χ1v) is 11.8. The Morgan fingerprint density at radius 2 is 1.84 bits per heavy atom. The number of hydrogen-bond donors (Lipinski definition) is 2. The summed E-state index contributed by atoms with van der Waals surface area (Å²) in [5.41, 5.74) is 10.6. The number of nitrogens with zero attached hydrogens (tertiary/aromatic N) is 1. The lowest BCUT2D eigenvalue weighted by molar-refractivity contribution is 0.0603. The van der Waals surface area contributed by atoms with Crippen LogP contribution in [0.3, 0.4) is 0 Å². The van der Waals surface area contributed by atoms with Crippen LogP contribution in [-0.2, 0) is 4.74 Å². The highest BCUT2D eigenvalue weighted by molar-refractivity contribution is 7.21. The number of amides is 1. The molecule has 32 heavy (non-hydrogen) atoms. The number of fused-ring (bicyclic) bond motifs is 1. The minimum atomic E-state index is -0.510. The van der Waals surface area contributed by atoms with Crippen molar-refractivity contribution in [1.29, 1.82) is 0 Å². The molecule has 1 aromatic carbocycles. The number of carbonyl (C=O) groups excluding carboxylic acids is 2. The zero-order valence-corrected chi connectivity index (χ0v) is 19.8. The van der Waals surface area contributed by atoms with Crippen LogP contribution in [0.25, 0.3) is 21.3 Å². The first-order chi connectivity index (χ1) is 15.3. The molecule has 3 aromatic heterocycles. The summed E-state index contributed by atoms with van der Waals surface area (Å²) < 4.78 is 5.00. The normalized spacial score (nSPS) is 11.2. The molecule has 3 heterocycles. The maximum absolute atomic E-state index is 13.1.